The van der Waals surface area contributed by atoms with E-state index in [2.05, 4.69) is 65.4 Å². The van der Waals surface area contributed by atoms with E-state index in [0.29, 0.717) is 0 Å². The number of nitrogens with one attached hydrogen (secondary N) is 2. The Kier molecular flexibility index (Phi) is 7.40. The molecule has 2 saturated heterocycles. The molecule has 2 aliphatic rings. The molecule has 0 amide bonds. The minimum atomic E-state index is -2.91. The van der Waals surface area contributed by atoms with Crippen LogP contribution in [0.2, 0.25) is 22.2 Å². The predicted molar refractivity (Wildman–Crippen MR) is 125 cm³/mol. The number of H-pyrrole nitrogens is 2. The molecule has 0 spiro atoms. The number of rotatable bonds is 5. The van der Waals surface area contributed by atoms with Gasteiger partial charge in [-0.15, -0.1) is 0 Å². The molecule has 0 bridgehead atoms. The van der Waals surface area contributed by atoms with Crippen LogP contribution in [0.15, 0.2) is 15.8 Å². The maximum absolute atomic E-state index is 12.4. The Morgan fingerprint density at radius 1 is 0.969 bits per heavy atom. The average molecular weight is 487 g/mol. The molecular weight excluding hydrogens is 448 g/mol. The number of aliphatic hydroxyl groups is 1. The highest BCUT2D eigenvalue weighted by Gasteiger charge is 2.61. The summed E-state index contributed by atoms with van der Waals surface area (Å²) in [4.78, 5) is 28.5. The summed E-state index contributed by atoms with van der Waals surface area (Å²) in [6, 6.07) is 0. The molecule has 0 radical (unpaired) electrons. The lowest BCUT2D eigenvalue weighted by Gasteiger charge is -2.51. The lowest BCUT2D eigenvalue weighted by atomic mass is 10.0. The van der Waals surface area contributed by atoms with E-state index in [0.717, 1.165) is 0 Å². The number of aromatic amines is 2. The fourth-order valence-electron chi connectivity index (χ4n) is 5.05. The number of aliphatic hydroxyl groups excluding tert-OH is 1. The molecule has 2 fully saturated rings. The molecule has 32 heavy (non-hydrogen) atoms. The van der Waals surface area contributed by atoms with E-state index in [1.54, 1.807) is 0 Å². The smallest absolute Gasteiger partial charge is 0.335 e. The molecule has 3 heterocycles. The zero-order valence-electron chi connectivity index (χ0n) is 20.3. The van der Waals surface area contributed by atoms with Gasteiger partial charge in [0, 0.05) is 6.20 Å². The van der Waals surface area contributed by atoms with Crippen LogP contribution in [0.4, 0.5) is 0 Å². The van der Waals surface area contributed by atoms with E-state index in [4.69, 9.17) is 17.7 Å². The van der Waals surface area contributed by atoms with Crippen molar-refractivity contribution in [2.45, 2.75) is 102 Å². The first-order chi connectivity index (χ1) is 14.9. The van der Waals surface area contributed by atoms with Gasteiger partial charge in [-0.3, -0.25) is 9.78 Å². The molecule has 1 aromatic heterocycles. The molecule has 1 aromatic rings. The van der Waals surface area contributed by atoms with Gasteiger partial charge in [-0.05, 0) is 22.2 Å². The van der Waals surface area contributed by atoms with E-state index in [-0.39, 0.29) is 34.3 Å². The van der Waals surface area contributed by atoms with Crippen LogP contribution in [-0.2, 0) is 17.7 Å². The minimum Gasteiger partial charge on any atom is -0.414 e. The van der Waals surface area contributed by atoms with Crippen LogP contribution in [-0.4, -0.2) is 57.1 Å². The standard InChI is InChI=1S/C21H38N2O7Si2/c1-11(2)31(12(3)4)27-10-16-19(29-32(30-31,13(5)6)14(7)8)17(24)18(28-16)15-9-22-21(26)23-20(15)25/h9,11-14,16-19,24H,10H2,1-8H3,(H2,22,23,25,26)/t16-,17?,18+,19+/m1/s1. The number of ether oxygens (including phenoxy) is 1. The minimum absolute atomic E-state index is 0.108. The normalized spacial score (nSPS) is 30.0. The zero-order chi connectivity index (χ0) is 24.0. The Balaban J connectivity index is 2.08. The molecule has 4 atom stereocenters. The van der Waals surface area contributed by atoms with Crippen LogP contribution in [0, 0.1) is 0 Å². The summed E-state index contributed by atoms with van der Waals surface area (Å²) >= 11 is 0. The summed E-state index contributed by atoms with van der Waals surface area (Å²) in [5.74, 6) is 0. The Morgan fingerprint density at radius 2 is 1.53 bits per heavy atom. The van der Waals surface area contributed by atoms with Crippen molar-refractivity contribution in [1.82, 2.24) is 9.97 Å². The summed E-state index contributed by atoms with van der Waals surface area (Å²) in [5, 5.41) is 11.2. The van der Waals surface area contributed by atoms with Crippen molar-refractivity contribution in [3.05, 3.63) is 32.6 Å². The van der Waals surface area contributed by atoms with Gasteiger partial charge >= 0.3 is 22.8 Å². The van der Waals surface area contributed by atoms with Gasteiger partial charge in [0.25, 0.3) is 5.56 Å². The van der Waals surface area contributed by atoms with Gasteiger partial charge in [0.1, 0.15) is 24.4 Å². The highest BCUT2D eigenvalue weighted by molar-refractivity contribution is 6.83. The predicted octanol–water partition coefficient (Wildman–Crippen LogP) is 2.82. The van der Waals surface area contributed by atoms with Crippen molar-refractivity contribution in [2.24, 2.45) is 0 Å². The topological polar surface area (TPSA) is 123 Å². The van der Waals surface area contributed by atoms with Crippen LogP contribution >= 0.6 is 0 Å². The van der Waals surface area contributed by atoms with Gasteiger partial charge in [-0.2, -0.15) is 0 Å². The molecule has 9 nitrogen and oxygen atoms in total. The monoisotopic (exact) mass is 486 g/mol. The maximum atomic E-state index is 12.4. The Morgan fingerprint density at radius 3 is 2.03 bits per heavy atom. The SMILES string of the molecule is CC(C)[Si]1(C(C)C)OC[C@H]2O[C@@H](c3c[nH]c(=O)[nH]c3=O)C(O)[C@H]2O[Si](C(C)C)(C(C)C)O1. The highest BCUT2D eigenvalue weighted by atomic mass is 28.5. The van der Waals surface area contributed by atoms with Crippen LogP contribution in [0.25, 0.3) is 0 Å². The zero-order valence-corrected chi connectivity index (χ0v) is 22.3. The lowest BCUT2D eigenvalue weighted by Crippen LogP contribution is -2.65. The van der Waals surface area contributed by atoms with Gasteiger partial charge in [-0.25, -0.2) is 4.79 Å². The number of aromatic nitrogens is 2. The molecule has 2 aliphatic heterocycles. The Hall–Kier alpha value is -1.09. The Labute approximate surface area is 191 Å². The first kappa shape index (κ1) is 25.5. The molecular formula is C21H38N2O7Si2. The van der Waals surface area contributed by atoms with E-state index >= 15 is 0 Å². The first-order valence-corrected chi connectivity index (χ1v) is 15.5. The van der Waals surface area contributed by atoms with Gasteiger partial charge in [0.2, 0.25) is 0 Å². The van der Waals surface area contributed by atoms with Crippen LogP contribution in [0.3, 0.4) is 0 Å². The van der Waals surface area contributed by atoms with Crippen molar-refractivity contribution >= 4 is 17.1 Å². The number of hydrogen-bond donors (Lipinski definition) is 3. The maximum Gasteiger partial charge on any atom is 0.335 e. The third kappa shape index (κ3) is 4.24. The molecule has 11 heteroatoms. The molecule has 0 saturated carbocycles. The second-order valence-electron chi connectivity index (χ2n) is 10.2. The number of fused-ring (bicyclic) bond motifs is 1. The van der Waals surface area contributed by atoms with Gasteiger partial charge < -0.3 is 27.8 Å². The van der Waals surface area contributed by atoms with Gasteiger partial charge in [0.05, 0.1) is 12.2 Å². The van der Waals surface area contributed by atoms with Crippen LogP contribution in [0.5, 0.6) is 0 Å². The quantitative estimate of drug-likeness (QED) is 0.547. The number of hydrogen-bond acceptors (Lipinski definition) is 7. The van der Waals surface area contributed by atoms with Crippen molar-refractivity contribution in [3.8, 4) is 0 Å². The second-order valence-corrected chi connectivity index (χ2v) is 19.0. The van der Waals surface area contributed by atoms with Crippen molar-refractivity contribution < 1.29 is 22.8 Å². The fourth-order valence-corrected chi connectivity index (χ4v) is 16.3. The molecule has 0 aliphatic carbocycles. The molecule has 3 rings (SSSR count). The summed E-state index contributed by atoms with van der Waals surface area (Å²) in [6.07, 6.45) is -2.00. The second kappa shape index (κ2) is 9.28. The highest BCUT2D eigenvalue weighted by Crippen LogP contribution is 2.48. The van der Waals surface area contributed by atoms with Crippen LogP contribution < -0.4 is 11.2 Å². The van der Waals surface area contributed by atoms with Crippen molar-refractivity contribution in [3.63, 3.8) is 0 Å². The largest absolute Gasteiger partial charge is 0.414 e. The third-order valence-corrected chi connectivity index (χ3v) is 17.1. The molecule has 3 N–H and O–H groups in total. The first-order valence-electron chi connectivity index (χ1n) is 11.5. The average Bonchev–Trinajstić information content (AvgIpc) is 2.96. The fraction of sp³-hybridized carbons (Fsp3) is 0.810. The summed E-state index contributed by atoms with van der Waals surface area (Å²) in [7, 11) is -5.63. The van der Waals surface area contributed by atoms with E-state index < -0.39 is 52.8 Å². The summed E-state index contributed by atoms with van der Waals surface area (Å²) < 4.78 is 26.7. The van der Waals surface area contributed by atoms with Crippen LogP contribution in [0.1, 0.15) is 67.1 Å². The van der Waals surface area contributed by atoms with E-state index in [1.807, 2.05) is 0 Å². The van der Waals surface area contributed by atoms with Crippen molar-refractivity contribution in [2.75, 3.05) is 6.61 Å². The molecule has 182 valence electrons. The summed E-state index contributed by atoms with van der Waals surface area (Å²) in [5.41, 5.74) is -0.443. The molecule has 1 unspecified atom stereocenters. The van der Waals surface area contributed by atoms with E-state index in [9.17, 15) is 14.7 Å². The summed E-state index contributed by atoms with van der Waals surface area (Å²) in [6.45, 7) is 17.2. The van der Waals surface area contributed by atoms with Gasteiger partial charge in [0.15, 0.2) is 0 Å². The third-order valence-electron chi connectivity index (χ3n) is 6.82. The molecule has 0 aromatic carbocycles. The lowest BCUT2D eigenvalue weighted by molar-refractivity contribution is -0.0393. The Bertz CT molecular complexity index is 898. The van der Waals surface area contributed by atoms with Gasteiger partial charge in [-0.1, -0.05) is 55.4 Å². The van der Waals surface area contributed by atoms with Crippen molar-refractivity contribution in [1.29, 1.82) is 0 Å². The van der Waals surface area contributed by atoms with E-state index in [1.165, 1.54) is 6.20 Å².